The third kappa shape index (κ3) is 5.18. The smallest absolute Gasteiger partial charge is 0.426 e. The summed E-state index contributed by atoms with van der Waals surface area (Å²) < 4.78 is 43.0. The molecule has 1 rings (SSSR count). The molecule has 0 unspecified atom stereocenters. The normalized spacial score (nSPS) is 14.2. The molecule has 0 aliphatic heterocycles. The van der Waals surface area contributed by atoms with Crippen molar-refractivity contribution >= 4 is 17.3 Å². The Morgan fingerprint density at radius 1 is 1.42 bits per heavy atom. The van der Waals surface area contributed by atoms with Crippen LogP contribution in [0.4, 0.5) is 13.2 Å². The Kier molecular flexibility index (Phi) is 4.95. The summed E-state index contributed by atoms with van der Waals surface area (Å²) >= 11 is 1.37. The molecule has 3 nitrogen and oxygen atoms in total. The monoisotopic (exact) mass is 295 g/mol. The van der Waals surface area contributed by atoms with Gasteiger partial charge in [0.15, 0.2) is 0 Å². The lowest BCUT2D eigenvalue weighted by Crippen LogP contribution is -2.43. The highest BCUT2D eigenvalue weighted by molar-refractivity contribution is 7.07. The standard InChI is InChI=1S/C12H16F3NO2S/c1-11(2,3)10(12(13,14)15)18-9(17)5-4-8-6-19-7-16-8/h6-7,10H,4-5H2,1-3H3/t10-/m0/s1. The molecule has 0 radical (unpaired) electrons. The van der Waals surface area contributed by atoms with Gasteiger partial charge < -0.3 is 4.74 Å². The van der Waals surface area contributed by atoms with Gasteiger partial charge in [0, 0.05) is 17.2 Å². The number of hydrogen-bond donors (Lipinski definition) is 0. The van der Waals surface area contributed by atoms with Crippen LogP contribution in [0.15, 0.2) is 10.9 Å². The van der Waals surface area contributed by atoms with Gasteiger partial charge in [-0.3, -0.25) is 4.79 Å². The second-order valence-corrected chi connectivity index (χ2v) is 5.98. The van der Waals surface area contributed by atoms with Crippen LogP contribution in [0, 0.1) is 5.41 Å². The van der Waals surface area contributed by atoms with Crippen molar-refractivity contribution < 1.29 is 22.7 Å². The minimum Gasteiger partial charge on any atom is -0.452 e. The van der Waals surface area contributed by atoms with Gasteiger partial charge in [0.25, 0.3) is 0 Å². The summed E-state index contributed by atoms with van der Waals surface area (Å²) in [6.45, 7) is 4.16. The van der Waals surface area contributed by atoms with Crippen molar-refractivity contribution in [3.8, 4) is 0 Å². The second kappa shape index (κ2) is 5.90. The molecule has 0 N–H and O–H groups in total. The summed E-state index contributed by atoms with van der Waals surface area (Å²) in [6, 6.07) is 0. The fourth-order valence-electron chi connectivity index (χ4n) is 1.52. The van der Waals surface area contributed by atoms with E-state index in [4.69, 9.17) is 0 Å². The molecule has 1 aromatic heterocycles. The Labute approximate surface area is 113 Å². The fourth-order valence-corrected chi connectivity index (χ4v) is 2.11. The fraction of sp³-hybridized carbons (Fsp3) is 0.667. The van der Waals surface area contributed by atoms with Gasteiger partial charge in [0.1, 0.15) is 0 Å². The summed E-state index contributed by atoms with van der Waals surface area (Å²) in [7, 11) is 0. The van der Waals surface area contributed by atoms with Crippen molar-refractivity contribution in [1.29, 1.82) is 0 Å². The predicted octanol–water partition coefficient (Wildman–Crippen LogP) is 3.60. The molecular formula is C12H16F3NO2S. The molecule has 1 aromatic rings. The molecule has 0 aliphatic carbocycles. The van der Waals surface area contributed by atoms with Crippen LogP contribution in [0.5, 0.6) is 0 Å². The Morgan fingerprint density at radius 3 is 2.47 bits per heavy atom. The lowest BCUT2D eigenvalue weighted by molar-refractivity contribution is -0.244. The van der Waals surface area contributed by atoms with E-state index in [0.717, 1.165) is 0 Å². The van der Waals surface area contributed by atoms with Crippen molar-refractivity contribution in [2.75, 3.05) is 0 Å². The minimum atomic E-state index is -4.56. The van der Waals surface area contributed by atoms with E-state index in [-0.39, 0.29) is 12.8 Å². The Hall–Kier alpha value is -1.11. The van der Waals surface area contributed by atoms with Crippen LogP contribution in [0.3, 0.4) is 0 Å². The molecule has 0 aromatic carbocycles. The van der Waals surface area contributed by atoms with Crippen molar-refractivity contribution in [3.63, 3.8) is 0 Å². The van der Waals surface area contributed by atoms with E-state index in [1.54, 1.807) is 10.9 Å². The third-order valence-corrected chi connectivity index (χ3v) is 3.04. The van der Waals surface area contributed by atoms with Crippen molar-refractivity contribution in [1.82, 2.24) is 4.98 Å². The quantitative estimate of drug-likeness (QED) is 0.797. The number of alkyl halides is 3. The van der Waals surface area contributed by atoms with Gasteiger partial charge in [-0.15, -0.1) is 11.3 Å². The largest absolute Gasteiger partial charge is 0.452 e. The molecule has 0 aliphatic rings. The molecule has 19 heavy (non-hydrogen) atoms. The first-order valence-corrected chi connectivity index (χ1v) is 6.68. The van der Waals surface area contributed by atoms with Crippen molar-refractivity contribution in [3.05, 3.63) is 16.6 Å². The third-order valence-electron chi connectivity index (χ3n) is 2.40. The number of carbonyl (C=O) groups excluding carboxylic acids is 1. The van der Waals surface area contributed by atoms with E-state index in [1.807, 2.05) is 0 Å². The van der Waals surface area contributed by atoms with Gasteiger partial charge in [-0.05, 0) is 0 Å². The first-order valence-electron chi connectivity index (χ1n) is 5.74. The first kappa shape index (κ1) is 15.9. The zero-order chi connectivity index (χ0) is 14.7. The van der Waals surface area contributed by atoms with Gasteiger partial charge in [-0.1, -0.05) is 20.8 Å². The number of carbonyl (C=O) groups is 1. The topological polar surface area (TPSA) is 39.2 Å². The molecule has 0 bridgehead atoms. The highest BCUT2D eigenvalue weighted by Crippen LogP contribution is 2.36. The number of nitrogens with zero attached hydrogens (tertiary/aromatic N) is 1. The highest BCUT2D eigenvalue weighted by Gasteiger charge is 2.49. The zero-order valence-electron chi connectivity index (χ0n) is 11.0. The average Bonchev–Trinajstić information content (AvgIpc) is 2.72. The maximum absolute atomic E-state index is 12.8. The lowest BCUT2D eigenvalue weighted by atomic mass is 9.88. The maximum atomic E-state index is 12.8. The number of esters is 1. The molecule has 0 spiro atoms. The van der Waals surface area contributed by atoms with Gasteiger partial charge in [0.05, 0.1) is 17.6 Å². The van der Waals surface area contributed by atoms with E-state index < -0.39 is 23.7 Å². The van der Waals surface area contributed by atoms with E-state index in [9.17, 15) is 18.0 Å². The number of rotatable bonds is 4. The molecule has 108 valence electrons. The van der Waals surface area contributed by atoms with E-state index in [2.05, 4.69) is 9.72 Å². The number of halogens is 3. The average molecular weight is 295 g/mol. The Morgan fingerprint density at radius 2 is 2.05 bits per heavy atom. The van der Waals surface area contributed by atoms with Gasteiger partial charge in [0.2, 0.25) is 6.10 Å². The van der Waals surface area contributed by atoms with Gasteiger partial charge >= 0.3 is 12.1 Å². The Balaban J connectivity index is 2.57. The highest BCUT2D eigenvalue weighted by atomic mass is 32.1. The Bertz CT molecular complexity index is 396. The lowest BCUT2D eigenvalue weighted by Gasteiger charge is -2.31. The van der Waals surface area contributed by atoms with Crippen LogP contribution in [0.2, 0.25) is 0 Å². The number of aryl methyl sites for hydroxylation is 1. The number of thiazole rings is 1. The maximum Gasteiger partial charge on any atom is 0.426 e. The van der Waals surface area contributed by atoms with Crippen LogP contribution in [0.1, 0.15) is 32.9 Å². The van der Waals surface area contributed by atoms with E-state index in [0.29, 0.717) is 5.69 Å². The SMILES string of the molecule is CC(C)(C)[C@H](OC(=O)CCc1cscn1)C(F)(F)F. The van der Waals surface area contributed by atoms with Crippen molar-refractivity contribution in [2.45, 2.75) is 45.9 Å². The molecule has 0 saturated carbocycles. The summed E-state index contributed by atoms with van der Waals surface area (Å²) in [4.78, 5) is 15.4. The van der Waals surface area contributed by atoms with E-state index >= 15 is 0 Å². The molecule has 1 atom stereocenters. The summed E-state index contributed by atoms with van der Waals surface area (Å²) in [5, 5.41) is 1.75. The van der Waals surface area contributed by atoms with Gasteiger partial charge in [-0.2, -0.15) is 13.2 Å². The molecule has 7 heteroatoms. The van der Waals surface area contributed by atoms with Crippen LogP contribution in [-0.2, 0) is 16.0 Å². The van der Waals surface area contributed by atoms with Gasteiger partial charge in [-0.25, -0.2) is 4.98 Å². The molecule has 0 amide bonds. The zero-order valence-corrected chi connectivity index (χ0v) is 11.8. The minimum absolute atomic E-state index is 0.105. The number of hydrogen-bond acceptors (Lipinski definition) is 4. The molecule has 0 fully saturated rings. The second-order valence-electron chi connectivity index (χ2n) is 5.26. The molecule has 0 saturated heterocycles. The summed E-state index contributed by atoms with van der Waals surface area (Å²) in [5.74, 6) is -0.856. The summed E-state index contributed by atoms with van der Waals surface area (Å²) in [5.41, 5.74) is 1.10. The predicted molar refractivity (Wildman–Crippen MR) is 65.8 cm³/mol. The first-order chi connectivity index (χ1) is 8.60. The van der Waals surface area contributed by atoms with E-state index in [1.165, 1.54) is 32.1 Å². The molecule has 1 heterocycles. The van der Waals surface area contributed by atoms with Crippen LogP contribution in [0.25, 0.3) is 0 Å². The van der Waals surface area contributed by atoms with Crippen molar-refractivity contribution in [2.24, 2.45) is 5.41 Å². The summed E-state index contributed by atoms with van der Waals surface area (Å²) in [6.07, 6.45) is -6.47. The van der Waals surface area contributed by atoms with Crippen LogP contribution < -0.4 is 0 Å². The van der Waals surface area contributed by atoms with Crippen LogP contribution >= 0.6 is 11.3 Å². The number of ether oxygens (including phenoxy) is 1. The number of aromatic nitrogens is 1. The van der Waals surface area contributed by atoms with Crippen LogP contribution in [-0.4, -0.2) is 23.2 Å². The molecular weight excluding hydrogens is 279 g/mol.